The smallest absolute Gasteiger partial charge is 0.272 e. The van der Waals surface area contributed by atoms with Crippen molar-refractivity contribution in [1.29, 1.82) is 0 Å². The molecule has 0 saturated carbocycles. The zero-order chi connectivity index (χ0) is 21.3. The highest BCUT2D eigenvalue weighted by atomic mass is 32.2. The first-order valence-corrected chi connectivity index (χ1v) is 11.4. The van der Waals surface area contributed by atoms with E-state index in [-0.39, 0.29) is 24.0 Å². The summed E-state index contributed by atoms with van der Waals surface area (Å²) in [5.74, 6) is -0.687. The Bertz CT molecular complexity index is 1160. The third kappa shape index (κ3) is 4.00. The van der Waals surface area contributed by atoms with Gasteiger partial charge in [-0.3, -0.25) is 9.48 Å². The van der Waals surface area contributed by atoms with Crippen molar-refractivity contribution in [1.82, 2.24) is 14.7 Å². The van der Waals surface area contributed by atoms with Crippen molar-refractivity contribution in [3.63, 3.8) is 0 Å². The molecule has 1 aromatic heterocycles. The number of carbonyl (C=O) groups excluding carboxylic acids is 1. The molecular weight excluding hydrogens is 405 g/mol. The molecule has 2 aromatic carbocycles. The summed E-state index contributed by atoms with van der Waals surface area (Å²) in [5.41, 5.74) is 2.38. The van der Waals surface area contributed by atoms with E-state index in [1.807, 2.05) is 30.3 Å². The number of aryl methyl sites for hydroxylation is 1. The lowest BCUT2D eigenvalue weighted by atomic mass is 10.1. The third-order valence-corrected chi connectivity index (χ3v) is 7.56. The van der Waals surface area contributed by atoms with Gasteiger partial charge in [0.2, 0.25) is 0 Å². The van der Waals surface area contributed by atoms with Crippen molar-refractivity contribution >= 4 is 15.7 Å². The maximum Gasteiger partial charge on any atom is 0.272 e. The topological polar surface area (TPSA) is 72.3 Å². The number of sulfone groups is 1. The zero-order valence-electron chi connectivity index (χ0n) is 16.5. The molecule has 0 aliphatic carbocycles. The highest BCUT2D eigenvalue weighted by Crippen LogP contribution is 2.30. The van der Waals surface area contributed by atoms with Crippen LogP contribution in [0.15, 0.2) is 60.7 Å². The molecule has 0 N–H and O–H groups in total. The monoisotopic (exact) mass is 427 g/mol. The molecule has 1 aliphatic heterocycles. The van der Waals surface area contributed by atoms with E-state index >= 15 is 0 Å². The zero-order valence-corrected chi connectivity index (χ0v) is 17.3. The summed E-state index contributed by atoms with van der Waals surface area (Å²) in [6, 6.07) is 16.7. The van der Waals surface area contributed by atoms with Crippen molar-refractivity contribution < 1.29 is 17.6 Å². The molecule has 6 nitrogen and oxygen atoms in total. The van der Waals surface area contributed by atoms with Crippen LogP contribution in [0.5, 0.6) is 0 Å². The molecule has 0 radical (unpaired) electrons. The summed E-state index contributed by atoms with van der Waals surface area (Å²) >= 11 is 0. The molecule has 1 unspecified atom stereocenters. The SMILES string of the molecule is Cn1nc(-c2ccc(F)cc2)cc1C(=O)N1CCC(c2ccccc2)S(=O)(=O)CC1. The molecule has 0 spiro atoms. The number of hydrogen-bond donors (Lipinski definition) is 0. The van der Waals surface area contributed by atoms with E-state index in [1.165, 1.54) is 16.8 Å². The number of aromatic nitrogens is 2. The molecule has 1 amide bonds. The minimum atomic E-state index is -3.37. The van der Waals surface area contributed by atoms with Gasteiger partial charge in [-0.1, -0.05) is 30.3 Å². The third-order valence-electron chi connectivity index (χ3n) is 5.44. The van der Waals surface area contributed by atoms with Crippen LogP contribution >= 0.6 is 0 Å². The minimum absolute atomic E-state index is 0.0824. The summed E-state index contributed by atoms with van der Waals surface area (Å²) in [6.45, 7) is 0.482. The van der Waals surface area contributed by atoms with Gasteiger partial charge in [0.25, 0.3) is 5.91 Å². The Kier molecular flexibility index (Phi) is 5.42. The van der Waals surface area contributed by atoms with Crippen LogP contribution in [0.4, 0.5) is 4.39 Å². The molecule has 1 aliphatic rings. The lowest BCUT2D eigenvalue weighted by Gasteiger charge is -2.19. The van der Waals surface area contributed by atoms with Crippen molar-refractivity contribution in [2.24, 2.45) is 7.05 Å². The van der Waals surface area contributed by atoms with Gasteiger partial charge in [-0.25, -0.2) is 12.8 Å². The highest BCUT2D eigenvalue weighted by molar-refractivity contribution is 7.91. The van der Waals surface area contributed by atoms with E-state index in [4.69, 9.17) is 0 Å². The second-order valence-electron chi connectivity index (χ2n) is 7.39. The van der Waals surface area contributed by atoms with Crippen LogP contribution in [0.25, 0.3) is 11.3 Å². The number of halogens is 1. The van der Waals surface area contributed by atoms with Gasteiger partial charge in [-0.15, -0.1) is 0 Å². The quantitative estimate of drug-likeness (QED) is 0.643. The van der Waals surface area contributed by atoms with Gasteiger partial charge in [-0.05, 0) is 42.3 Å². The van der Waals surface area contributed by atoms with Crippen molar-refractivity contribution in [2.45, 2.75) is 11.7 Å². The summed E-state index contributed by atoms with van der Waals surface area (Å²) in [7, 11) is -1.70. The Labute approximate surface area is 174 Å². The fraction of sp³-hybridized carbons (Fsp3) is 0.273. The average Bonchev–Trinajstić information content (AvgIpc) is 3.04. The van der Waals surface area contributed by atoms with Gasteiger partial charge >= 0.3 is 0 Å². The van der Waals surface area contributed by atoms with Gasteiger partial charge in [-0.2, -0.15) is 5.10 Å². The largest absolute Gasteiger partial charge is 0.336 e. The van der Waals surface area contributed by atoms with Crippen LogP contribution < -0.4 is 0 Å². The van der Waals surface area contributed by atoms with E-state index in [0.717, 1.165) is 5.56 Å². The number of carbonyl (C=O) groups is 1. The number of nitrogens with zero attached hydrogens (tertiary/aromatic N) is 3. The summed E-state index contributed by atoms with van der Waals surface area (Å²) in [4.78, 5) is 14.7. The Balaban J connectivity index is 1.56. The molecule has 0 bridgehead atoms. The van der Waals surface area contributed by atoms with Crippen molar-refractivity contribution in [3.05, 3.63) is 77.7 Å². The van der Waals surface area contributed by atoms with E-state index in [2.05, 4.69) is 5.10 Å². The first kappa shape index (κ1) is 20.3. The lowest BCUT2D eigenvalue weighted by molar-refractivity contribution is 0.0755. The maximum atomic E-state index is 13.2. The molecule has 30 heavy (non-hydrogen) atoms. The van der Waals surface area contributed by atoms with Gasteiger partial charge in [0.15, 0.2) is 9.84 Å². The Morgan fingerprint density at radius 3 is 2.47 bits per heavy atom. The van der Waals surface area contributed by atoms with Gasteiger partial charge in [0.1, 0.15) is 11.5 Å². The highest BCUT2D eigenvalue weighted by Gasteiger charge is 2.33. The van der Waals surface area contributed by atoms with E-state index < -0.39 is 15.1 Å². The number of rotatable bonds is 3. The van der Waals surface area contributed by atoms with Crippen LogP contribution in [0.1, 0.15) is 27.7 Å². The Morgan fingerprint density at radius 2 is 1.77 bits per heavy atom. The second kappa shape index (κ2) is 8.02. The molecule has 3 aromatic rings. The van der Waals surface area contributed by atoms with E-state index in [0.29, 0.717) is 29.9 Å². The minimum Gasteiger partial charge on any atom is -0.336 e. The molecule has 156 valence electrons. The first-order chi connectivity index (χ1) is 14.3. The molecule has 4 rings (SSSR count). The molecular formula is C22H22FN3O3S. The fourth-order valence-corrected chi connectivity index (χ4v) is 5.58. The molecule has 8 heteroatoms. The molecule has 2 heterocycles. The predicted octanol–water partition coefficient (Wildman–Crippen LogP) is 3.23. The van der Waals surface area contributed by atoms with Crippen LogP contribution in [0.2, 0.25) is 0 Å². The summed E-state index contributed by atoms with van der Waals surface area (Å²) in [5, 5.41) is 3.76. The first-order valence-electron chi connectivity index (χ1n) is 9.71. The molecule has 1 atom stereocenters. The Hall–Kier alpha value is -3.00. The molecule has 1 fully saturated rings. The number of amides is 1. The molecule has 1 saturated heterocycles. The van der Waals surface area contributed by atoms with E-state index in [1.54, 1.807) is 30.1 Å². The van der Waals surface area contributed by atoms with E-state index in [9.17, 15) is 17.6 Å². The van der Waals surface area contributed by atoms with Crippen molar-refractivity contribution in [2.75, 3.05) is 18.8 Å². The average molecular weight is 428 g/mol. The summed E-state index contributed by atoms with van der Waals surface area (Å²) < 4.78 is 40.3. The standard InChI is InChI=1S/C22H22FN3O3S/c1-25-20(15-19(24-25)16-7-9-18(23)10-8-16)22(27)26-12-11-21(30(28,29)14-13-26)17-5-3-2-4-6-17/h2-10,15,21H,11-14H2,1H3. The summed E-state index contributed by atoms with van der Waals surface area (Å²) in [6.07, 6.45) is 0.348. The maximum absolute atomic E-state index is 13.2. The van der Waals surface area contributed by atoms with Gasteiger partial charge in [0.05, 0.1) is 16.7 Å². The van der Waals surface area contributed by atoms with Gasteiger partial charge < -0.3 is 4.90 Å². The number of hydrogen-bond acceptors (Lipinski definition) is 4. The Morgan fingerprint density at radius 1 is 1.07 bits per heavy atom. The van der Waals surface area contributed by atoms with Gasteiger partial charge in [0, 0.05) is 25.7 Å². The second-order valence-corrected chi connectivity index (χ2v) is 9.70. The van der Waals surface area contributed by atoms with Crippen molar-refractivity contribution in [3.8, 4) is 11.3 Å². The van der Waals surface area contributed by atoms with Crippen LogP contribution in [0.3, 0.4) is 0 Å². The number of benzene rings is 2. The lowest BCUT2D eigenvalue weighted by Crippen LogP contribution is -2.34. The van der Waals surface area contributed by atoms with Crippen LogP contribution in [-0.4, -0.2) is 47.8 Å². The predicted molar refractivity (Wildman–Crippen MR) is 112 cm³/mol. The van der Waals surface area contributed by atoms with Crippen LogP contribution in [0, 0.1) is 5.82 Å². The van der Waals surface area contributed by atoms with Crippen LogP contribution in [-0.2, 0) is 16.9 Å². The fourth-order valence-electron chi connectivity index (χ4n) is 3.78. The normalized spacial score (nSPS) is 18.7.